The van der Waals surface area contributed by atoms with Crippen molar-refractivity contribution in [1.29, 1.82) is 0 Å². The summed E-state index contributed by atoms with van der Waals surface area (Å²) in [7, 11) is 0. The van der Waals surface area contributed by atoms with E-state index in [4.69, 9.17) is 25.9 Å². The molecule has 0 atom stereocenters. The van der Waals surface area contributed by atoms with Crippen molar-refractivity contribution >= 4 is 11.6 Å². The van der Waals surface area contributed by atoms with Crippen LogP contribution >= 0.6 is 11.6 Å². The fraction of sp³-hybridized carbons (Fsp3) is 0. The second kappa shape index (κ2) is 5.53. The van der Waals surface area contributed by atoms with Crippen molar-refractivity contribution in [3.8, 4) is 23.3 Å². The van der Waals surface area contributed by atoms with Crippen LogP contribution in [0.25, 0.3) is 5.69 Å². The molecule has 0 saturated heterocycles. The monoisotopic (exact) mass is 322 g/mol. The van der Waals surface area contributed by atoms with Gasteiger partial charge < -0.3 is 14.3 Å². The Hall–Kier alpha value is -2.80. The van der Waals surface area contributed by atoms with Crippen molar-refractivity contribution in [1.82, 2.24) is 9.78 Å². The van der Waals surface area contributed by atoms with Gasteiger partial charge in [0.05, 0.1) is 0 Å². The Morgan fingerprint density at radius 1 is 1.23 bits per heavy atom. The zero-order valence-corrected chi connectivity index (χ0v) is 11.6. The summed E-state index contributed by atoms with van der Waals surface area (Å²) in [6.45, 7) is 0. The van der Waals surface area contributed by atoms with Gasteiger partial charge in [-0.25, -0.2) is 9.18 Å². The molecule has 0 amide bonds. The molecule has 0 aliphatic rings. The third-order valence-corrected chi connectivity index (χ3v) is 2.96. The fourth-order valence-corrected chi connectivity index (χ4v) is 1.85. The number of halogens is 2. The van der Waals surface area contributed by atoms with Crippen LogP contribution in [-0.4, -0.2) is 14.9 Å². The van der Waals surface area contributed by atoms with E-state index in [0.717, 1.165) is 6.07 Å². The van der Waals surface area contributed by atoms with Gasteiger partial charge in [-0.15, -0.1) is 0 Å². The molecule has 1 heterocycles. The Bertz CT molecular complexity index is 873. The molecule has 0 bridgehead atoms. The summed E-state index contributed by atoms with van der Waals surface area (Å²) in [6.07, 6.45) is -0.347. The highest BCUT2D eigenvalue weighted by atomic mass is 35.5. The lowest BCUT2D eigenvalue weighted by molar-refractivity contribution is 0.320. The first-order valence-electron chi connectivity index (χ1n) is 6.05. The molecule has 2 aromatic carbocycles. The van der Waals surface area contributed by atoms with Gasteiger partial charge in [-0.2, -0.15) is 4.68 Å². The lowest BCUT2D eigenvalue weighted by Gasteiger charge is -2.01. The summed E-state index contributed by atoms with van der Waals surface area (Å²) in [5.41, 5.74) is -0.169. The predicted molar refractivity (Wildman–Crippen MR) is 75.2 cm³/mol. The van der Waals surface area contributed by atoms with Gasteiger partial charge in [-0.1, -0.05) is 16.7 Å². The molecule has 8 heteroatoms. The third-order valence-electron chi connectivity index (χ3n) is 2.71. The maximum atomic E-state index is 13.7. The second-order valence-electron chi connectivity index (χ2n) is 4.24. The molecule has 6 nitrogen and oxygen atoms in total. The molecular weight excluding hydrogens is 315 g/mol. The van der Waals surface area contributed by atoms with Gasteiger partial charge in [0.25, 0.3) is 0 Å². The first kappa shape index (κ1) is 14.2. The van der Waals surface area contributed by atoms with Crippen LogP contribution in [-0.2, 0) is 0 Å². The summed E-state index contributed by atoms with van der Waals surface area (Å²) < 4.78 is 24.5. The Labute approximate surface area is 127 Å². The first-order chi connectivity index (χ1) is 10.5. The van der Waals surface area contributed by atoms with Crippen molar-refractivity contribution in [2.24, 2.45) is 0 Å². The molecule has 0 spiro atoms. The predicted octanol–water partition coefficient (Wildman–Crippen LogP) is 3.12. The number of hydrogen-bond donors (Lipinski definition) is 1. The van der Waals surface area contributed by atoms with E-state index in [0.29, 0.717) is 15.5 Å². The zero-order chi connectivity index (χ0) is 15.7. The van der Waals surface area contributed by atoms with Crippen LogP contribution in [0.3, 0.4) is 0 Å². The molecule has 112 valence electrons. The number of aromatic nitrogens is 2. The normalized spacial score (nSPS) is 10.6. The maximum absolute atomic E-state index is 13.7. The average molecular weight is 323 g/mol. The zero-order valence-electron chi connectivity index (χ0n) is 10.9. The summed E-state index contributed by atoms with van der Waals surface area (Å²) in [5, 5.41) is 13.4. The van der Waals surface area contributed by atoms with Gasteiger partial charge >= 0.3 is 11.8 Å². The SMILES string of the molecule is O=c1oc(Oc2ccc(Cl)cc2)nn1-c1ccc(O)cc1F. The van der Waals surface area contributed by atoms with Crippen LogP contribution in [0.4, 0.5) is 4.39 Å². The maximum Gasteiger partial charge on any atom is 0.444 e. The Kier molecular flexibility index (Phi) is 3.56. The Morgan fingerprint density at radius 2 is 1.95 bits per heavy atom. The number of hydrogen-bond acceptors (Lipinski definition) is 5. The Morgan fingerprint density at radius 3 is 2.64 bits per heavy atom. The minimum atomic E-state index is -0.923. The van der Waals surface area contributed by atoms with Gasteiger partial charge in [0.15, 0.2) is 5.82 Å². The number of ether oxygens (including phenoxy) is 1. The van der Waals surface area contributed by atoms with Gasteiger partial charge in [-0.3, -0.25) is 0 Å². The minimum Gasteiger partial charge on any atom is -0.508 e. The quantitative estimate of drug-likeness (QED) is 0.801. The van der Waals surface area contributed by atoms with E-state index in [9.17, 15) is 9.18 Å². The molecule has 0 aliphatic heterocycles. The number of aromatic hydroxyl groups is 1. The molecule has 0 fully saturated rings. The lowest BCUT2D eigenvalue weighted by Crippen LogP contribution is -2.14. The van der Waals surface area contributed by atoms with Gasteiger partial charge in [0.2, 0.25) is 0 Å². The van der Waals surface area contributed by atoms with Crippen LogP contribution in [0.1, 0.15) is 0 Å². The summed E-state index contributed by atoms with van der Waals surface area (Å²) in [5.74, 6) is -1.67. The number of phenolic OH excluding ortho intramolecular Hbond substituents is 1. The van der Waals surface area contributed by atoms with Gasteiger partial charge in [-0.05, 0) is 36.4 Å². The highest BCUT2D eigenvalue weighted by molar-refractivity contribution is 6.30. The summed E-state index contributed by atoms with van der Waals surface area (Å²) in [4.78, 5) is 11.7. The smallest absolute Gasteiger partial charge is 0.444 e. The van der Waals surface area contributed by atoms with Crippen LogP contribution in [0.15, 0.2) is 51.7 Å². The molecule has 22 heavy (non-hydrogen) atoms. The molecule has 1 N–H and O–H groups in total. The summed E-state index contributed by atoms with van der Waals surface area (Å²) >= 11 is 5.74. The van der Waals surface area contributed by atoms with Crippen LogP contribution in [0.5, 0.6) is 17.6 Å². The van der Waals surface area contributed by atoms with E-state index in [1.165, 1.54) is 12.1 Å². The van der Waals surface area contributed by atoms with Gasteiger partial charge in [0, 0.05) is 11.1 Å². The third kappa shape index (κ3) is 2.79. The number of nitrogens with zero attached hydrogens (tertiary/aromatic N) is 2. The standard InChI is InChI=1S/C14H8ClFN2O4/c15-8-1-4-10(5-2-8)21-13-17-18(14(20)22-13)12-6-3-9(19)7-11(12)16/h1-7,19H. The van der Waals surface area contributed by atoms with Crippen molar-refractivity contribution < 1.29 is 18.7 Å². The van der Waals surface area contributed by atoms with Gasteiger partial charge in [0.1, 0.15) is 17.2 Å². The summed E-state index contributed by atoms with van der Waals surface area (Å²) in [6, 6.07) is 9.57. The number of phenols is 1. The first-order valence-corrected chi connectivity index (χ1v) is 6.43. The van der Waals surface area contributed by atoms with E-state index in [1.807, 2.05) is 0 Å². The van der Waals surface area contributed by atoms with E-state index in [1.54, 1.807) is 24.3 Å². The van der Waals surface area contributed by atoms with E-state index >= 15 is 0 Å². The fourth-order valence-electron chi connectivity index (χ4n) is 1.73. The van der Waals surface area contributed by atoms with Crippen molar-refractivity contribution in [2.75, 3.05) is 0 Å². The average Bonchev–Trinajstić information content (AvgIpc) is 2.82. The van der Waals surface area contributed by atoms with E-state index < -0.39 is 11.6 Å². The number of rotatable bonds is 3. The molecule has 0 saturated carbocycles. The van der Waals surface area contributed by atoms with E-state index in [2.05, 4.69) is 5.10 Å². The largest absolute Gasteiger partial charge is 0.508 e. The van der Waals surface area contributed by atoms with E-state index in [-0.39, 0.29) is 17.5 Å². The van der Waals surface area contributed by atoms with Crippen LogP contribution in [0.2, 0.25) is 5.02 Å². The molecule has 1 aromatic heterocycles. The molecule has 0 aliphatic carbocycles. The van der Waals surface area contributed by atoms with Crippen molar-refractivity contribution in [3.05, 3.63) is 63.9 Å². The lowest BCUT2D eigenvalue weighted by atomic mass is 10.3. The van der Waals surface area contributed by atoms with Crippen molar-refractivity contribution in [2.45, 2.75) is 0 Å². The van der Waals surface area contributed by atoms with Crippen LogP contribution in [0, 0.1) is 5.82 Å². The molecule has 0 radical (unpaired) electrons. The Balaban J connectivity index is 1.94. The second-order valence-corrected chi connectivity index (χ2v) is 4.67. The number of benzene rings is 2. The highest BCUT2D eigenvalue weighted by Crippen LogP contribution is 2.22. The molecular formula is C14H8ClFN2O4. The molecule has 3 aromatic rings. The topological polar surface area (TPSA) is 77.5 Å². The highest BCUT2D eigenvalue weighted by Gasteiger charge is 2.15. The molecule has 3 rings (SSSR count). The molecule has 0 unspecified atom stereocenters. The van der Waals surface area contributed by atoms with Crippen LogP contribution < -0.4 is 10.5 Å². The van der Waals surface area contributed by atoms with Crippen molar-refractivity contribution in [3.63, 3.8) is 0 Å². The minimum absolute atomic E-state index is 0.169.